The quantitative estimate of drug-likeness (QED) is 0.628. The van der Waals surface area contributed by atoms with E-state index < -0.39 is 11.7 Å². The maximum Gasteiger partial charge on any atom is 0.146 e. The molecule has 1 saturated carbocycles. The third-order valence-electron chi connectivity index (χ3n) is 3.89. The molecule has 1 aromatic rings. The van der Waals surface area contributed by atoms with Crippen molar-refractivity contribution in [3.63, 3.8) is 0 Å². The van der Waals surface area contributed by atoms with Crippen LogP contribution in [0.2, 0.25) is 0 Å². The number of aliphatic hydroxyl groups excluding tert-OH is 1. The molecule has 3 atom stereocenters. The average Bonchev–Trinajstić information content (AvgIpc) is 2.43. The van der Waals surface area contributed by atoms with Gasteiger partial charge in [-0.05, 0) is 18.4 Å². The number of ether oxygens (including phenoxy) is 2. The molecule has 0 bridgehead atoms. The summed E-state index contributed by atoms with van der Waals surface area (Å²) in [6.07, 6.45) is 1.61. The summed E-state index contributed by atoms with van der Waals surface area (Å²) in [6.45, 7) is 0.206. The summed E-state index contributed by atoms with van der Waals surface area (Å²) in [6, 6.07) is 9.83. The summed E-state index contributed by atoms with van der Waals surface area (Å²) in [4.78, 5) is 0. The Morgan fingerprint density at radius 3 is 2.68 bits per heavy atom. The Bertz CT molecular complexity index is 381. The highest BCUT2D eigenvalue weighted by atomic mass is 16.7. The molecule has 0 amide bonds. The highest BCUT2D eigenvalue weighted by Gasteiger charge is 2.46. The highest BCUT2D eigenvalue weighted by Crippen LogP contribution is 2.41. The van der Waals surface area contributed by atoms with E-state index in [0.717, 1.165) is 18.4 Å². The zero-order valence-electron chi connectivity index (χ0n) is 11.3. The van der Waals surface area contributed by atoms with Gasteiger partial charge in [0.2, 0.25) is 0 Å². The Morgan fingerprint density at radius 1 is 1.26 bits per heavy atom. The molecule has 0 aliphatic heterocycles. The fraction of sp³-hybridized carbons (Fsp3) is 0.600. The molecule has 4 nitrogen and oxygen atoms in total. The van der Waals surface area contributed by atoms with Crippen LogP contribution in [-0.2, 0) is 9.47 Å². The van der Waals surface area contributed by atoms with Gasteiger partial charge in [0, 0.05) is 13.0 Å². The second-order valence-electron chi connectivity index (χ2n) is 5.16. The Labute approximate surface area is 114 Å². The molecule has 2 rings (SSSR count). The van der Waals surface area contributed by atoms with Crippen LogP contribution in [0.25, 0.3) is 0 Å². The van der Waals surface area contributed by atoms with Crippen molar-refractivity contribution in [2.45, 2.75) is 36.9 Å². The maximum atomic E-state index is 10.8. The molecule has 0 unspecified atom stereocenters. The molecule has 4 heteroatoms. The van der Waals surface area contributed by atoms with Gasteiger partial charge in [-0.25, -0.2) is 0 Å². The van der Waals surface area contributed by atoms with Crippen LogP contribution < -0.4 is 0 Å². The van der Waals surface area contributed by atoms with Gasteiger partial charge in [0.25, 0.3) is 0 Å². The van der Waals surface area contributed by atoms with Crippen molar-refractivity contribution in [2.75, 3.05) is 20.5 Å². The standard InChI is InChI=1S/C15H22O4/c1-18-11-19-10-15(17)13(8-5-9-14(15)16)12-6-3-2-4-7-12/h2-4,6-7,13-14,16-17H,5,8-11H2,1H3/t13-,14+,15-/m0/s1. The first kappa shape index (κ1) is 14.5. The van der Waals surface area contributed by atoms with E-state index in [1.807, 2.05) is 30.3 Å². The lowest BCUT2D eigenvalue weighted by Gasteiger charge is -2.43. The first-order valence-electron chi connectivity index (χ1n) is 6.70. The van der Waals surface area contributed by atoms with Crippen molar-refractivity contribution in [3.8, 4) is 0 Å². The highest BCUT2D eigenvalue weighted by molar-refractivity contribution is 5.25. The van der Waals surface area contributed by atoms with E-state index in [2.05, 4.69) is 0 Å². The lowest BCUT2D eigenvalue weighted by atomic mass is 9.70. The van der Waals surface area contributed by atoms with Crippen LogP contribution in [0.15, 0.2) is 30.3 Å². The van der Waals surface area contributed by atoms with Gasteiger partial charge in [0.1, 0.15) is 12.4 Å². The van der Waals surface area contributed by atoms with Crippen molar-refractivity contribution >= 4 is 0 Å². The van der Waals surface area contributed by atoms with Crippen LogP contribution in [0.1, 0.15) is 30.7 Å². The largest absolute Gasteiger partial charge is 0.390 e. The number of aliphatic hydroxyl groups is 2. The SMILES string of the molecule is COCOC[C@@]1(O)[C@H](O)CCC[C@H]1c1ccccc1. The molecule has 2 N–H and O–H groups in total. The van der Waals surface area contributed by atoms with Gasteiger partial charge in [-0.15, -0.1) is 0 Å². The fourth-order valence-electron chi connectivity index (χ4n) is 2.87. The van der Waals surface area contributed by atoms with E-state index in [1.54, 1.807) is 0 Å². The Hall–Kier alpha value is -0.940. The molecule has 0 saturated heterocycles. The number of benzene rings is 1. The second-order valence-corrected chi connectivity index (χ2v) is 5.16. The van der Waals surface area contributed by atoms with Crippen LogP contribution in [0.5, 0.6) is 0 Å². The van der Waals surface area contributed by atoms with Crippen molar-refractivity contribution in [3.05, 3.63) is 35.9 Å². The minimum atomic E-state index is -1.24. The maximum absolute atomic E-state index is 10.8. The third-order valence-corrected chi connectivity index (χ3v) is 3.89. The van der Waals surface area contributed by atoms with E-state index in [4.69, 9.17) is 9.47 Å². The van der Waals surface area contributed by atoms with Gasteiger partial charge in [-0.2, -0.15) is 0 Å². The lowest BCUT2D eigenvalue weighted by molar-refractivity contribution is -0.171. The zero-order valence-corrected chi connectivity index (χ0v) is 11.3. The Kier molecular flexibility index (Phi) is 4.93. The first-order valence-corrected chi connectivity index (χ1v) is 6.70. The van der Waals surface area contributed by atoms with Crippen molar-refractivity contribution < 1.29 is 19.7 Å². The topological polar surface area (TPSA) is 58.9 Å². The predicted molar refractivity (Wildman–Crippen MR) is 71.8 cm³/mol. The number of hydrogen-bond acceptors (Lipinski definition) is 4. The van der Waals surface area contributed by atoms with Crippen molar-refractivity contribution in [1.29, 1.82) is 0 Å². The van der Waals surface area contributed by atoms with Crippen LogP contribution in [0.3, 0.4) is 0 Å². The first-order chi connectivity index (χ1) is 9.18. The summed E-state index contributed by atoms with van der Waals surface area (Å²) >= 11 is 0. The van der Waals surface area contributed by atoms with E-state index in [-0.39, 0.29) is 19.3 Å². The van der Waals surface area contributed by atoms with Crippen molar-refractivity contribution in [1.82, 2.24) is 0 Å². The second kappa shape index (κ2) is 6.48. The Morgan fingerprint density at radius 2 is 2.00 bits per heavy atom. The molecule has 1 aliphatic rings. The molecule has 1 aliphatic carbocycles. The van der Waals surface area contributed by atoms with Gasteiger partial charge >= 0.3 is 0 Å². The van der Waals surface area contributed by atoms with Crippen LogP contribution in [0, 0.1) is 0 Å². The van der Waals surface area contributed by atoms with E-state index in [9.17, 15) is 10.2 Å². The van der Waals surface area contributed by atoms with E-state index in [0.29, 0.717) is 6.42 Å². The normalized spacial score (nSPS) is 31.3. The minimum absolute atomic E-state index is 0.0849. The smallest absolute Gasteiger partial charge is 0.146 e. The van der Waals surface area contributed by atoms with E-state index >= 15 is 0 Å². The molecular formula is C15H22O4. The van der Waals surface area contributed by atoms with Gasteiger partial charge in [-0.1, -0.05) is 36.8 Å². The number of hydrogen-bond donors (Lipinski definition) is 2. The third kappa shape index (κ3) is 3.15. The van der Waals surface area contributed by atoms with Crippen LogP contribution in [0.4, 0.5) is 0 Å². The number of rotatable bonds is 5. The fourth-order valence-corrected chi connectivity index (χ4v) is 2.87. The van der Waals surface area contributed by atoms with Crippen molar-refractivity contribution in [2.24, 2.45) is 0 Å². The van der Waals surface area contributed by atoms with Gasteiger partial charge < -0.3 is 19.7 Å². The molecule has 1 aromatic carbocycles. The van der Waals surface area contributed by atoms with Crippen LogP contribution in [-0.4, -0.2) is 42.4 Å². The van der Waals surface area contributed by atoms with Crippen LogP contribution >= 0.6 is 0 Å². The van der Waals surface area contributed by atoms with E-state index in [1.165, 1.54) is 7.11 Å². The summed E-state index contributed by atoms with van der Waals surface area (Å²) in [7, 11) is 1.54. The molecule has 106 valence electrons. The predicted octanol–water partition coefficient (Wildman–Crippen LogP) is 1.67. The molecule has 0 aromatic heterocycles. The Balaban J connectivity index is 2.18. The number of methoxy groups -OCH3 is 1. The molecule has 19 heavy (non-hydrogen) atoms. The summed E-state index contributed by atoms with van der Waals surface area (Å²) in [5.41, 5.74) is -0.192. The van der Waals surface area contributed by atoms with Gasteiger partial charge in [0.05, 0.1) is 12.7 Å². The summed E-state index contributed by atoms with van der Waals surface area (Å²) in [5, 5.41) is 21.0. The summed E-state index contributed by atoms with van der Waals surface area (Å²) in [5.74, 6) is -0.102. The molecule has 0 spiro atoms. The van der Waals surface area contributed by atoms with Gasteiger partial charge in [0.15, 0.2) is 0 Å². The molecule has 0 heterocycles. The average molecular weight is 266 g/mol. The lowest BCUT2D eigenvalue weighted by Crippen LogP contribution is -2.53. The minimum Gasteiger partial charge on any atom is -0.390 e. The monoisotopic (exact) mass is 266 g/mol. The molecule has 1 fully saturated rings. The zero-order chi connectivity index (χ0) is 13.7. The van der Waals surface area contributed by atoms with Gasteiger partial charge in [-0.3, -0.25) is 0 Å². The summed E-state index contributed by atoms with van der Waals surface area (Å²) < 4.78 is 10.2. The molecule has 0 radical (unpaired) electrons. The molecular weight excluding hydrogens is 244 g/mol.